The Morgan fingerprint density at radius 3 is 3.17 bits per heavy atom. The van der Waals surface area contributed by atoms with E-state index in [9.17, 15) is 0 Å². The lowest BCUT2D eigenvalue weighted by Gasteiger charge is -2.30. The standard InChI is InChI=1S/C13H19N5/c1-17(11-4-2-3-10(11)9-14)12-6-8-18-13(16-12)5-7-15-18/h5-8,10-11H,2-4,9,14H2,1H3. The van der Waals surface area contributed by atoms with Crippen LogP contribution >= 0.6 is 0 Å². The molecule has 0 bridgehead atoms. The average molecular weight is 245 g/mol. The van der Waals surface area contributed by atoms with E-state index in [0.717, 1.165) is 18.0 Å². The zero-order chi connectivity index (χ0) is 12.5. The molecule has 2 heterocycles. The molecule has 2 N–H and O–H groups in total. The molecule has 96 valence electrons. The van der Waals surface area contributed by atoms with E-state index in [4.69, 9.17) is 5.73 Å². The zero-order valence-corrected chi connectivity index (χ0v) is 10.7. The predicted molar refractivity (Wildman–Crippen MR) is 71.6 cm³/mol. The Balaban J connectivity index is 1.88. The van der Waals surface area contributed by atoms with Crippen molar-refractivity contribution < 1.29 is 0 Å². The summed E-state index contributed by atoms with van der Waals surface area (Å²) in [6, 6.07) is 4.46. The van der Waals surface area contributed by atoms with E-state index in [2.05, 4.69) is 22.0 Å². The van der Waals surface area contributed by atoms with Gasteiger partial charge in [-0.3, -0.25) is 0 Å². The van der Waals surface area contributed by atoms with Gasteiger partial charge in [-0.05, 0) is 31.4 Å². The fraction of sp³-hybridized carbons (Fsp3) is 0.538. The molecule has 2 aromatic rings. The van der Waals surface area contributed by atoms with Crippen LogP contribution in [0.3, 0.4) is 0 Å². The lowest BCUT2D eigenvalue weighted by Crippen LogP contribution is -2.38. The van der Waals surface area contributed by atoms with Crippen LogP contribution in [0.4, 0.5) is 5.82 Å². The van der Waals surface area contributed by atoms with Gasteiger partial charge in [0, 0.05) is 25.4 Å². The van der Waals surface area contributed by atoms with Crippen molar-refractivity contribution in [3.8, 4) is 0 Å². The third-order valence-corrected chi connectivity index (χ3v) is 4.02. The van der Waals surface area contributed by atoms with Crippen molar-refractivity contribution >= 4 is 11.5 Å². The Morgan fingerprint density at radius 1 is 1.44 bits per heavy atom. The summed E-state index contributed by atoms with van der Waals surface area (Å²) in [4.78, 5) is 6.91. The van der Waals surface area contributed by atoms with E-state index in [1.54, 1.807) is 10.7 Å². The van der Waals surface area contributed by atoms with E-state index in [1.165, 1.54) is 19.3 Å². The lowest BCUT2D eigenvalue weighted by molar-refractivity contribution is 0.472. The summed E-state index contributed by atoms with van der Waals surface area (Å²) in [5.41, 5.74) is 6.74. The Hall–Kier alpha value is -1.62. The van der Waals surface area contributed by atoms with E-state index in [1.807, 2.05) is 18.3 Å². The molecule has 0 aromatic carbocycles. The van der Waals surface area contributed by atoms with Gasteiger partial charge in [0.15, 0.2) is 5.65 Å². The van der Waals surface area contributed by atoms with E-state index >= 15 is 0 Å². The van der Waals surface area contributed by atoms with Gasteiger partial charge in [-0.1, -0.05) is 6.42 Å². The first kappa shape index (κ1) is 11.5. The summed E-state index contributed by atoms with van der Waals surface area (Å²) in [6.45, 7) is 0.768. The molecule has 5 heteroatoms. The predicted octanol–water partition coefficient (Wildman–Crippen LogP) is 1.29. The minimum absolute atomic E-state index is 0.521. The van der Waals surface area contributed by atoms with Gasteiger partial charge in [-0.15, -0.1) is 0 Å². The van der Waals surface area contributed by atoms with Gasteiger partial charge >= 0.3 is 0 Å². The second-order valence-electron chi connectivity index (χ2n) is 5.02. The van der Waals surface area contributed by atoms with Crippen LogP contribution in [0.2, 0.25) is 0 Å². The molecule has 18 heavy (non-hydrogen) atoms. The number of fused-ring (bicyclic) bond motifs is 1. The van der Waals surface area contributed by atoms with E-state index in [-0.39, 0.29) is 0 Å². The fourth-order valence-corrected chi connectivity index (χ4v) is 2.97. The molecule has 2 atom stereocenters. The normalized spacial score (nSPS) is 23.7. The van der Waals surface area contributed by atoms with Crippen molar-refractivity contribution in [1.82, 2.24) is 14.6 Å². The van der Waals surface area contributed by atoms with Crippen molar-refractivity contribution in [2.24, 2.45) is 11.7 Å². The number of aromatic nitrogens is 3. The van der Waals surface area contributed by atoms with Crippen molar-refractivity contribution in [3.05, 3.63) is 24.5 Å². The van der Waals surface area contributed by atoms with Gasteiger partial charge < -0.3 is 10.6 Å². The Bertz CT molecular complexity index is 535. The van der Waals surface area contributed by atoms with Crippen LogP contribution in [-0.4, -0.2) is 34.2 Å². The third kappa shape index (κ3) is 1.84. The second-order valence-corrected chi connectivity index (χ2v) is 5.02. The number of nitrogens with two attached hydrogens (primary N) is 1. The SMILES string of the molecule is CN(c1ccn2nccc2n1)C1CCCC1CN. The molecule has 0 spiro atoms. The molecular formula is C13H19N5. The van der Waals surface area contributed by atoms with Crippen molar-refractivity contribution in [2.45, 2.75) is 25.3 Å². The van der Waals surface area contributed by atoms with Crippen LogP contribution in [-0.2, 0) is 0 Å². The zero-order valence-electron chi connectivity index (χ0n) is 10.7. The van der Waals surface area contributed by atoms with Crippen molar-refractivity contribution in [1.29, 1.82) is 0 Å². The van der Waals surface area contributed by atoms with Crippen LogP contribution in [0.25, 0.3) is 5.65 Å². The minimum atomic E-state index is 0.521. The molecule has 3 rings (SSSR count). The van der Waals surface area contributed by atoms with E-state index in [0.29, 0.717) is 12.0 Å². The number of anilines is 1. The molecule has 0 saturated heterocycles. The topological polar surface area (TPSA) is 59.5 Å². The molecule has 2 aromatic heterocycles. The van der Waals surface area contributed by atoms with E-state index < -0.39 is 0 Å². The van der Waals surface area contributed by atoms with Crippen molar-refractivity contribution in [3.63, 3.8) is 0 Å². The van der Waals surface area contributed by atoms with Crippen LogP contribution in [0, 0.1) is 5.92 Å². The summed E-state index contributed by atoms with van der Waals surface area (Å²) in [5, 5.41) is 4.16. The molecule has 0 amide bonds. The van der Waals surface area contributed by atoms with Gasteiger partial charge in [-0.2, -0.15) is 5.10 Å². The highest BCUT2D eigenvalue weighted by Crippen LogP contribution is 2.30. The summed E-state index contributed by atoms with van der Waals surface area (Å²) in [6.07, 6.45) is 7.45. The maximum absolute atomic E-state index is 5.85. The molecule has 0 aliphatic heterocycles. The molecule has 1 saturated carbocycles. The highest BCUT2D eigenvalue weighted by molar-refractivity contribution is 5.47. The summed E-state index contributed by atoms with van der Waals surface area (Å²) in [7, 11) is 2.12. The number of rotatable bonds is 3. The molecule has 1 fully saturated rings. The average Bonchev–Trinajstić information content (AvgIpc) is 3.05. The number of nitrogens with zero attached hydrogens (tertiary/aromatic N) is 4. The highest BCUT2D eigenvalue weighted by atomic mass is 15.3. The quantitative estimate of drug-likeness (QED) is 0.885. The molecular weight excluding hydrogens is 226 g/mol. The lowest BCUT2D eigenvalue weighted by atomic mass is 10.0. The fourth-order valence-electron chi connectivity index (χ4n) is 2.97. The summed E-state index contributed by atoms with van der Waals surface area (Å²) in [5.74, 6) is 1.60. The van der Waals surface area contributed by atoms with Crippen molar-refractivity contribution in [2.75, 3.05) is 18.5 Å². The molecule has 1 aliphatic rings. The smallest absolute Gasteiger partial charge is 0.157 e. The monoisotopic (exact) mass is 245 g/mol. The van der Waals surface area contributed by atoms with Gasteiger partial charge in [0.25, 0.3) is 0 Å². The van der Waals surface area contributed by atoms with Gasteiger partial charge in [0.05, 0.1) is 6.20 Å². The molecule has 2 unspecified atom stereocenters. The number of hydrogen-bond acceptors (Lipinski definition) is 4. The summed E-state index contributed by atoms with van der Waals surface area (Å²) >= 11 is 0. The summed E-state index contributed by atoms with van der Waals surface area (Å²) < 4.78 is 1.78. The first-order valence-electron chi connectivity index (χ1n) is 6.53. The Kier molecular flexibility index (Phi) is 2.91. The Morgan fingerprint density at radius 2 is 2.33 bits per heavy atom. The number of hydrogen-bond donors (Lipinski definition) is 1. The van der Waals surface area contributed by atoms with Crippen LogP contribution < -0.4 is 10.6 Å². The van der Waals surface area contributed by atoms with Gasteiger partial charge in [-0.25, -0.2) is 9.50 Å². The van der Waals surface area contributed by atoms with Crippen LogP contribution in [0.15, 0.2) is 24.5 Å². The molecule has 1 aliphatic carbocycles. The first-order valence-corrected chi connectivity index (χ1v) is 6.53. The minimum Gasteiger partial charge on any atom is -0.356 e. The van der Waals surface area contributed by atoms with Gasteiger partial charge in [0.1, 0.15) is 5.82 Å². The third-order valence-electron chi connectivity index (χ3n) is 4.02. The largest absolute Gasteiger partial charge is 0.356 e. The highest BCUT2D eigenvalue weighted by Gasteiger charge is 2.30. The van der Waals surface area contributed by atoms with Crippen LogP contribution in [0.1, 0.15) is 19.3 Å². The molecule has 5 nitrogen and oxygen atoms in total. The molecule has 0 radical (unpaired) electrons. The second kappa shape index (κ2) is 4.57. The van der Waals surface area contributed by atoms with Crippen LogP contribution in [0.5, 0.6) is 0 Å². The Labute approximate surface area is 107 Å². The maximum Gasteiger partial charge on any atom is 0.157 e. The van der Waals surface area contributed by atoms with Gasteiger partial charge in [0.2, 0.25) is 0 Å². The first-order chi connectivity index (χ1) is 8.79. The maximum atomic E-state index is 5.85.